The Hall–Kier alpha value is -1.64. The number of nitrogens with zero attached hydrogens (tertiary/aromatic N) is 1. The van der Waals surface area contributed by atoms with Crippen molar-refractivity contribution in [3.05, 3.63) is 28.2 Å². The smallest absolute Gasteiger partial charge is 0.416 e. The van der Waals surface area contributed by atoms with Crippen molar-refractivity contribution in [2.75, 3.05) is 18.6 Å². The number of hydrogen-bond donors (Lipinski definition) is 2. The van der Waals surface area contributed by atoms with Crippen molar-refractivity contribution in [3.63, 3.8) is 0 Å². The summed E-state index contributed by atoms with van der Waals surface area (Å²) >= 11 is 3.30. The molecule has 0 bridgehead atoms. The van der Waals surface area contributed by atoms with Gasteiger partial charge in [0.1, 0.15) is 11.7 Å². The lowest BCUT2D eigenvalue weighted by Crippen LogP contribution is -2.61. The van der Waals surface area contributed by atoms with Crippen LogP contribution in [-0.4, -0.2) is 47.1 Å². The van der Waals surface area contributed by atoms with Crippen LogP contribution in [0.4, 0.5) is 10.5 Å². The van der Waals surface area contributed by atoms with E-state index in [2.05, 4.69) is 15.9 Å². The van der Waals surface area contributed by atoms with Crippen molar-refractivity contribution in [2.45, 2.75) is 38.0 Å². The van der Waals surface area contributed by atoms with Gasteiger partial charge < -0.3 is 19.7 Å². The van der Waals surface area contributed by atoms with E-state index < -0.39 is 35.9 Å². The number of carbonyl (C=O) groups excluding carboxylic acids is 2. The Morgan fingerprint density at radius 3 is 2.50 bits per heavy atom. The van der Waals surface area contributed by atoms with E-state index in [9.17, 15) is 19.8 Å². The van der Waals surface area contributed by atoms with Gasteiger partial charge in [-0.1, -0.05) is 22.0 Å². The molecular formula is C16H20BrNO6. The van der Waals surface area contributed by atoms with Crippen molar-refractivity contribution in [1.29, 1.82) is 0 Å². The number of amides is 1. The second-order valence-corrected chi connectivity index (χ2v) is 7.41. The Balaban J connectivity index is 2.66. The molecule has 0 saturated heterocycles. The number of rotatable bonds is 2. The highest BCUT2D eigenvalue weighted by Gasteiger charge is 2.60. The molecule has 0 saturated carbocycles. The molecule has 2 rings (SSSR count). The van der Waals surface area contributed by atoms with E-state index in [0.29, 0.717) is 10.0 Å². The van der Waals surface area contributed by atoms with E-state index in [1.165, 1.54) is 0 Å². The van der Waals surface area contributed by atoms with Gasteiger partial charge in [0, 0.05) is 10.0 Å². The van der Waals surface area contributed by atoms with E-state index in [0.717, 1.165) is 12.0 Å². The molecule has 1 aromatic carbocycles. The van der Waals surface area contributed by atoms with Gasteiger partial charge in [-0.15, -0.1) is 0 Å². The van der Waals surface area contributed by atoms with Crippen LogP contribution in [-0.2, 0) is 14.3 Å². The maximum Gasteiger partial charge on any atom is 0.416 e. The van der Waals surface area contributed by atoms with E-state index >= 15 is 0 Å². The molecule has 1 heterocycles. The number of esters is 1. The quantitative estimate of drug-likeness (QED) is 0.736. The third-order valence-corrected chi connectivity index (χ3v) is 4.23. The topological polar surface area (TPSA) is 96.3 Å². The summed E-state index contributed by atoms with van der Waals surface area (Å²) in [5.41, 5.74) is -2.23. The summed E-state index contributed by atoms with van der Waals surface area (Å²) in [6.45, 7) is 4.21. The second-order valence-electron chi connectivity index (χ2n) is 6.50. The van der Waals surface area contributed by atoms with Gasteiger partial charge in [-0.2, -0.15) is 0 Å². The summed E-state index contributed by atoms with van der Waals surface area (Å²) in [5.74, 6) is -0.935. The molecule has 7 nitrogen and oxygen atoms in total. The van der Waals surface area contributed by atoms with Gasteiger partial charge in [0.25, 0.3) is 0 Å². The molecule has 0 aliphatic carbocycles. The SMILES string of the molecule is COC(=O)C1(CO)C(O)c2ccc(Br)cc2N1C(=O)OC(C)(C)C. The van der Waals surface area contributed by atoms with Gasteiger partial charge in [0.15, 0.2) is 0 Å². The number of aliphatic hydroxyl groups is 2. The summed E-state index contributed by atoms with van der Waals surface area (Å²) in [4.78, 5) is 26.1. The zero-order valence-electron chi connectivity index (χ0n) is 13.9. The molecule has 0 spiro atoms. The first kappa shape index (κ1) is 18.7. The summed E-state index contributed by atoms with van der Waals surface area (Å²) in [7, 11) is 1.12. The molecular weight excluding hydrogens is 382 g/mol. The summed E-state index contributed by atoms with van der Waals surface area (Å²) in [6.07, 6.45) is -2.32. The number of anilines is 1. The average molecular weight is 402 g/mol. The number of carbonyl (C=O) groups is 2. The minimum absolute atomic E-state index is 0.269. The Morgan fingerprint density at radius 2 is 2.00 bits per heavy atom. The molecule has 8 heteroatoms. The fourth-order valence-electron chi connectivity index (χ4n) is 2.71. The van der Waals surface area contributed by atoms with Crippen LogP contribution < -0.4 is 4.90 Å². The first-order valence-electron chi connectivity index (χ1n) is 7.28. The lowest BCUT2D eigenvalue weighted by molar-refractivity contribution is -0.153. The van der Waals surface area contributed by atoms with Crippen molar-refractivity contribution in [1.82, 2.24) is 0 Å². The molecule has 2 atom stereocenters. The van der Waals surface area contributed by atoms with E-state index in [4.69, 9.17) is 9.47 Å². The Morgan fingerprint density at radius 1 is 1.38 bits per heavy atom. The van der Waals surface area contributed by atoms with Crippen molar-refractivity contribution < 1.29 is 29.3 Å². The van der Waals surface area contributed by atoms with Crippen molar-refractivity contribution >= 4 is 33.7 Å². The number of fused-ring (bicyclic) bond motifs is 1. The predicted molar refractivity (Wildman–Crippen MR) is 89.6 cm³/mol. The van der Waals surface area contributed by atoms with E-state index in [-0.39, 0.29) is 5.69 Å². The first-order valence-corrected chi connectivity index (χ1v) is 8.08. The number of halogens is 1. The maximum atomic E-state index is 12.7. The van der Waals surface area contributed by atoms with Gasteiger partial charge >= 0.3 is 12.1 Å². The Kier molecular flexibility index (Phi) is 4.94. The number of ether oxygens (including phenoxy) is 2. The summed E-state index contributed by atoms with van der Waals surface area (Å²) in [5, 5.41) is 20.6. The zero-order chi connectivity index (χ0) is 18.3. The van der Waals surface area contributed by atoms with Crippen LogP contribution >= 0.6 is 15.9 Å². The second kappa shape index (κ2) is 6.34. The number of methoxy groups -OCH3 is 1. The largest absolute Gasteiger partial charge is 0.467 e. The molecule has 24 heavy (non-hydrogen) atoms. The molecule has 1 aliphatic rings. The summed E-state index contributed by atoms with van der Waals surface area (Å²) in [6, 6.07) is 4.81. The van der Waals surface area contributed by atoms with Gasteiger partial charge in [-0.05, 0) is 32.9 Å². The van der Waals surface area contributed by atoms with E-state index in [1.54, 1.807) is 39.0 Å². The lowest BCUT2D eigenvalue weighted by atomic mass is 9.92. The van der Waals surface area contributed by atoms with Crippen molar-refractivity contribution in [3.8, 4) is 0 Å². The number of aliphatic hydroxyl groups excluding tert-OH is 2. The standard InChI is InChI=1S/C16H20BrNO6/c1-15(2,3)24-14(22)18-11-7-9(17)5-6-10(11)12(20)16(18,8-19)13(21)23-4/h5-7,12,19-20H,8H2,1-4H3. The molecule has 1 aliphatic heterocycles. The van der Waals surface area contributed by atoms with Gasteiger partial charge in [-0.25, -0.2) is 9.59 Å². The van der Waals surface area contributed by atoms with Crippen LogP contribution in [0.25, 0.3) is 0 Å². The Bertz CT molecular complexity index is 671. The minimum atomic E-state index is -2.00. The third kappa shape index (κ3) is 2.89. The Labute approximate surface area is 148 Å². The highest BCUT2D eigenvalue weighted by molar-refractivity contribution is 9.10. The van der Waals surface area contributed by atoms with Crippen LogP contribution in [0.2, 0.25) is 0 Å². The third-order valence-electron chi connectivity index (χ3n) is 3.74. The van der Waals surface area contributed by atoms with Gasteiger partial charge in [0.2, 0.25) is 5.54 Å². The fraction of sp³-hybridized carbons (Fsp3) is 0.500. The van der Waals surface area contributed by atoms with Gasteiger partial charge in [0.05, 0.1) is 19.4 Å². The van der Waals surface area contributed by atoms with Crippen LogP contribution in [0.15, 0.2) is 22.7 Å². The molecule has 2 unspecified atom stereocenters. The van der Waals surface area contributed by atoms with Crippen LogP contribution in [0.1, 0.15) is 32.4 Å². The van der Waals surface area contributed by atoms with Crippen LogP contribution in [0, 0.1) is 0 Å². The molecule has 2 N–H and O–H groups in total. The lowest BCUT2D eigenvalue weighted by Gasteiger charge is -2.37. The first-order chi connectivity index (χ1) is 11.1. The summed E-state index contributed by atoms with van der Waals surface area (Å²) < 4.78 is 10.8. The molecule has 0 aromatic heterocycles. The molecule has 0 fully saturated rings. The fourth-order valence-corrected chi connectivity index (χ4v) is 3.06. The highest BCUT2D eigenvalue weighted by Crippen LogP contribution is 2.48. The molecule has 0 radical (unpaired) electrons. The monoisotopic (exact) mass is 401 g/mol. The van der Waals surface area contributed by atoms with Crippen LogP contribution in [0.3, 0.4) is 0 Å². The highest BCUT2D eigenvalue weighted by atomic mass is 79.9. The average Bonchev–Trinajstić information content (AvgIpc) is 2.73. The van der Waals surface area contributed by atoms with E-state index in [1.807, 2.05) is 0 Å². The predicted octanol–water partition coefficient (Wildman–Crippen LogP) is 2.14. The van der Waals surface area contributed by atoms with Crippen molar-refractivity contribution in [2.24, 2.45) is 0 Å². The normalized spacial score (nSPS) is 23.0. The van der Waals surface area contributed by atoms with Crippen LogP contribution in [0.5, 0.6) is 0 Å². The van der Waals surface area contributed by atoms with Gasteiger partial charge in [-0.3, -0.25) is 4.90 Å². The number of benzene rings is 1. The number of hydrogen-bond acceptors (Lipinski definition) is 6. The zero-order valence-corrected chi connectivity index (χ0v) is 15.5. The minimum Gasteiger partial charge on any atom is -0.467 e. The molecule has 132 valence electrons. The maximum absolute atomic E-state index is 12.7. The molecule has 1 amide bonds. The molecule has 1 aromatic rings.